The number of hydrogen-bond donors (Lipinski definition) is 2. The highest BCUT2D eigenvalue weighted by atomic mass is 32.5. The Hall–Kier alpha value is -3.29. The van der Waals surface area contributed by atoms with Gasteiger partial charge in [-0.15, -0.1) is 15.0 Å². The van der Waals surface area contributed by atoms with Gasteiger partial charge < -0.3 is 10.6 Å². The van der Waals surface area contributed by atoms with Crippen LogP contribution >= 0.6 is 10.2 Å². The first-order chi connectivity index (χ1) is 14.3. The number of rotatable bonds is 5. The number of nitrogens with zero attached hydrogens (tertiary/aromatic N) is 5. The summed E-state index contributed by atoms with van der Waals surface area (Å²) in [6, 6.07) is 5.54. The molecule has 3 aromatic rings. The third-order valence-corrected chi connectivity index (χ3v) is 6.02. The average Bonchev–Trinajstić information content (AvgIpc) is 3.29. The summed E-state index contributed by atoms with van der Waals surface area (Å²) < 4.78 is 64.5. The van der Waals surface area contributed by atoms with Crippen LogP contribution in [0.5, 0.6) is 0 Å². The van der Waals surface area contributed by atoms with Gasteiger partial charge >= 0.3 is 10.2 Å². The Kier molecular flexibility index (Phi) is 4.14. The van der Waals surface area contributed by atoms with Gasteiger partial charge in [-0.05, 0) is 48.5 Å². The lowest BCUT2D eigenvalue weighted by molar-refractivity contribution is -0.126. The van der Waals surface area contributed by atoms with Crippen LogP contribution in [0.25, 0.3) is 11.4 Å². The van der Waals surface area contributed by atoms with E-state index in [1.807, 2.05) is 0 Å². The lowest BCUT2D eigenvalue weighted by atomic mass is 10.0. The van der Waals surface area contributed by atoms with Crippen LogP contribution in [0.4, 0.5) is 30.9 Å². The van der Waals surface area contributed by atoms with E-state index in [-0.39, 0.29) is 23.2 Å². The zero-order valence-corrected chi connectivity index (χ0v) is 16.7. The van der Waals surface area contributed by atoms with Crippen LogP contribution in [-0.4, -0.2) is 37.6 Å². The Morgan fingerprint density at radius 1 is 1.13 bits per heavy atom. The van der Waals surface area contributed by atoms with E-state index in [4.69, 9.17) is 0 Å². The third kappa shape index (κ3) is 4.02. The normalized spacial score (nSPS) is 21.3. The largest absolute Gasteiger partial charge is 0.354 e. The van der Waals surface area contributed by atoms with Crippen molar-refractivity contribution in [2.75, 3.05) is 11.9 Å². The molecule has 1 unspecified atom stereocenters. The van der Waals surface area contributed by atoms with E-state index in [1.54, 1.807) is 19.1 Å². The smallest absolute Gasteiger partial charge is 0.310 e. The highest BCUT2D eigenvalue weighted by molar-refractivity contribution is 8.45. The first kappa shape index (κ1) is 21.0. The molecule has 166 valence electrons. The highest BCUT2D eigenvalue weighted by Gasteiger charge is 2.65. The molecule has 1 aromatic carbocycles. The van der Waals surface area contributed by atoms with Crippen LogP contribution in [0.1, 0.15) is 13.3 Å². The molecule has 0 saturated carbocycles. The first-order valence-corrected chi connectivity index (χ1v) is 10.9. The summed E-state index contributed by atoms with van der Waals surface area (Å²) in [4.78, 5) is 15.4. The number of nitrogens with one attached hydrogen (secondary N) is 2. The average molecular weight is 461 g/mol. The summed E-state index contributed by atoms with van der Waals surface area (Å²) >= 11 is 0. The second kappa shape index (κ2) is 6.12. The number of tetrazole rings is 1. The highest BCUT2D eigenvalue weighted by Crippen LogP contribution is 3.02. The number of aromatic nitrogens is 5. The van der Waals surface area contributed by atoms with Crippen molar-refractivity contribution in [2.24, 2.45) is 0 Å². The Labute approximate surface area is 172 Å². The molecule has 1 fully saturated rings. The van der Waals surface area contributed by atoms with Crippen molar-refractivity contribution in [3.63, 3.8) is 0 Å². The van der Waals surface area contributed by atoms with Gasteiger partial charge in [0.15, 0.2) is 5.54 Å². The fourth-order valence-corrected chi connectivity index (χ4v) is 3.71. The van der Waals surface area contributed by atoms with Crippen LogP contribution in [0.15, 0.2) is 47.5 Å². The summed E-state index contributed by atoms with van der Waals surface area (Å²) in [5.74, 6) is 0.0494. The molecule has 14 heteroatoms. The fraction of sp³-hybridized carbons (Fsp3) is 0.235. The summed E-state index contributed by atoms with van der Waals surface area (Å²) in [5.41, 5.74) is -0.546. The Bertz CT molecular complexity index is 1170. The molecular weight excluding hydrogens is 445 g/mol. The van der Waals surface area contributed by atoms with Crippen molar-refractivity contribution in [1.29, 1.82) is 0 Å². The molecule has 2 N–H and O–H groups in total. The molecule has 0 bridgehead atoms. The number of carbonyl (C=O) groups excluding carboxylic acids is 1. The van der Waals surface area contributed by atoms with Gasteiger partial charge in [-0.3, -0.25) is 4.79 Å². The van der Waals surface area contributed by atoms with Gasteiger partial charge in [-0.1, -0.05) is 19.4 Å². The second-order valence-corrected chi connectivity index (χ2v) is 9.61. The molecule has 8 nitrogen and oxygen atoms in total. The van der Waals surface area contributed by atoms with Gasteiger partial charge in [0.05, 0.1) is 5.56 Å². The van der Waals surface area contributed by atoms with Gasteiger partial charge in [0.2, 0.25) is 11.7 Å². The van der Waals surface area contributed by atoms with Crippen molar-refractivity contribution in [2.45, 2.75) is 23.8 Å². The van der Waals surface area contributed by atoms with Crippen LogP contribution in [0, 0.1) is 0 Å². The van der Waals surface area contributed by atoms with E-state index < -0.39 is 20.7 Å². The van der Waals surface area contributed by atoms with Crippen LogP contribution in [0.2, 0.25) is 0 Å². The zero-order valence-electron chi connectivity index (χ0n) is 15.9. The summed E-state index contributed by atoms with van der Waals surface area (Å²) in [6.45, 7) is 2.14. The summed E-state index contributed by atoms with van der Waals surface area (Å²) in [6.07, 6.45) is 1.89. The molecule has 1 atom stereocenters. The molecule has 31 heavy (non-hydrogen) atoms. The van der Waals surface area contributed by atoms with Gasteiger partial charge in [0, 0.05) is 24.8 Å². The Morgan fingerprint density at radius 2 is 1.84 bits per heavy atom. The number of carbonyl (C=O) groups is 1. The molecule has 2 aromatic heterocycles. The third-order valence-electron chi connectivity index (χ3n) is 4.85. The fourth-order valence-electron chi connectivity index (χ4n) is 3.06. The number of amides is 1. The lowest BCUT2D eigenvalue weighted by Crippen LogP contribution is -2.40. The molecular formula is C17H16F5N7OS. The Balaban J connectivity index is 1.63. The molecule has 1 aliphatic rings. The molecule has 1 saturated heterocycles. The topological polar surface area (TPSA) is 97.6 Å². The minimum Gasteiger partial charge on any atom is -0.354 e. The van der Waals surface area contributed by atoms with Gasteiger partial charge in [-0.25, -0.2) is 4.98 Å². The van der Waals surface area contributed by atoms with E-state index in [9.17, 15) is 24.2 Å². The predicted octanol–water partition coefficient (Wildman–Crippen LogP) is 4.37. The Morgan fingerprint density at radius 3 is 2.45 bits per heavy atom. The molecule has 0 aliphatic carbocycles. The predicted molar refractivity (Wildman–Crippen MR) is 103 cm³/mol. The molecule has 1 aliphatic heterocycles. The standard InChI is InChI=1S/C17H16F5N7OS/c1-17(8-10-24-16(17)30)29-27-15(26-28-29)13-3-2-9-23-14(13)25-11-4-6-12(7-5-11)31(18,19,20,21)22/h2-7,9H,8,10H2,1H3,(H,23,25)(H,24,30). The number of halogens is 5. The summed E-state index contributed by atoms with van der Waals surface area (Å²) in [7, 11) is -9.75. The molecule has 3 heterocycles. The minimum atomic E-state index is -9.75. The van der Waals surface area contributed by atoms with Gasteiger partial charge in [0.1, 0.15) is 10.7 Å². The SMILES string of the molecule is CC1(n2nnc(-c3cccnc3Nc3ccc(S(F)(F)(F)(F)F)cc3)n2)CCNC1=O. The van der Waals surface area contributed by atoms with Crippen molar-refractivity contribution in [3.05, 3.63) is 42.6 Å². The molecule has 0 spiro atoms. The van der Waals surface area contributed by atoms with Crippen LogP contribution in [0.3, 0.4) is 0 Å². The van der Waals surface area contributed by atoms with Gasteiger partial charge in [0.25, 0.3) is 0 Å². The van der Waals surface area contributed by atoms with E-state index in [0.29, 0.717) is 30.7 Å². The van der Waals surface area contributed by atoms with Crippen LogP contribution in [-0.2, 0) is 10.3 Å². The van der Waals surface area contributed by atoms with E-state index in [1.165, 1.54) is 11.0 Å². The van der Waals surface area contributed by atoms with Crippen LogP contribution < -0.4 is 10.6 Å². The molecule has 4 rings (SSSR count). The van der Waals surface area contributed by atoms with E-state index in [0.717, 1.165) is 12.1 Å². The number of anilines is 2. The van der Waals surface area contributed by atoms with Crippen molar-refractivity contribution in [3.8, 4) is 11.4 Å². The monoisotopic (exact) mass is 461 g/mol. The molecule has 0 radical (unpaired) electrons. The van der Waals surface area contributed by atoms with Gasteiger partial charge in [-0.2, -0.15) is 0 Å². The minimum absolute atomic E-state index is 0.0973. The quantitative estimate of drug-likeness (QED) is 0.548. The first-order valence-electron chi connectivity index (χ1n) is 8.92. The van der Waals surface area contributed by atoms with E-state index >= 15 is 0 Å². The number of pyridine rings is 1. The number of benzene rings is 1. The maximum Gasteiger partial charge on any atom is 0.310 e. The van der Waals surface area contributed by atoms with Crippen molar-refractivity contribution in [1.82, 2.24) is 30.5 Å². The maximum absolute atomic E-state index is 12.9. The second-order valence-electron chi connectivity index (χ2n) is 7.20. The summed E-state index contributed by atoms with van der Waals surface area (Å²) in [5, 5.41) is 17.6. The maximum atomic E-state index is 12.9. The molecule has 1 amide bonds. The van der Waals surface area contributed by atoms with E-state index in [2.05, 4.69) is 31.0 Å². The lowest BCUT2D eigenvalue weighted by Gasteiger charge is -2.40. The zero-order chi connectivity index (χ0) is 22.6. The van der Waals surface area contributed by atoms with Crippen molar-refractivity contribution >= 4 is 27.6 Å². The van der Waals surface area contributed by atoms with Crippen molar-refractivity contribution < 1.29 is 24.2 Å². The number of hydrogen-bond acceptors (Lipinski definition) is 6.